The summed E-state index contributed by atoms with van der Waals surface area (Å²) in [5.41, 5.74) is 7.36. The van der Waals surface area contributed by atoms with Gasteiger partial charge in [-0.15, -0.1) is 0 Å². The minimum absolute atomic E-state index is 0.149. The molecule has 0 radical (unpaired) electrons. The number of furan rings is 1. The van der Waals surface area contributed by atoms with Gasteiger partial charge in [-0.1, -0.05) is 18.2 Å². The summed E-state index contributed by atoms with van der Waals surface area (Å²) in [6.07, 6.45) is 1.10. The Morgan fingerprint density at radius 2 is 2.06 bits per heavy atom. The van der Waals surface area contributed by atoms with Crippen molar-refractivity contribution in [1.82, 2.24) is 4.90 Å². The van der Waals surface area contributed by atoms with Gasteiger partial charge in [0.15, 0.2) is 0 Å². The molecule has 2 aromatic rings. The van der Waals surface area contributed by atoms with Gasteiger partial charge in [-0.25, -0.2) is 0 Å². The van der Waals surface area contributed by atoms with Crippen LogP contribution in [0.1, 0.15) is 11.6 Å². The summed E-state index contributed by atoms with van der Waals surface area (Å²) in [6, 6.07) is 7.65. The Hall–Kier alpha value is -1.36. The fourth-order valence-electron chi connectivity index (χ4n) is 2.19. The van der Waals surface area contributed by atoms with E-state index in [1.165, 1.54) is 0 Å². The molecular weight excluding hydrogens is 216 g/mol. The predicted octanol–water partition coefficient (Wildman–Crippen LogP) is 1.36. The molecule has 4 nitrogen and oxygen atoms in total. The molecule has 92 valence electrons. The Kier molecular flexibility index (Phi) is 3.47. The number of nitrogens with zero attached hydrogens (tertiary/aromatic N) is 1. The maximum atomic E-state index is 10.0. The molecule has 3 N–H and O–H groups in total. The smallest absolute Gasteiger partial charge is 0.134 e. The van der Waals surface area contributed by atoms with E-state index in [1.807, 2.05) is 43.3 Å². The van der Waals surface area contributed by atoms with Crippen molar-refractivity contribution in [3.63, 3.8) is 0 Å². The van der Waals surface area contributed by atoms with Crippen LogP contribution in [0.5, 0.6) is 0 Å². The first-order valence-corrected chi connectivity index (χ1v) is 5.66. The van der Waals surface area contributed by atoms with Crippen molar-refractivity contribution >= 4 is 11.0 Å². The van der Waals surface area contributed by atoms with E-state index in [-0.39, 0.29) is 12.6 Å². The molecule has 0 fully saturated rings. The van der Waals surface area contributed by atoms with Crippen LogP contribution in [0.3, 0.4) is 0 Å². The van der Waals surface area contributed by atoms with E-state index in [2.05, 4.69) is 0 Å². The van der Waals surface area contributed by atoms with E-state index in [0.29, 0.717) is 0 Å². The van der Waals surface area contributed by atoms with Gasteiger partial charge in [0.25, 0.3) is 0 Å². The summed E-state index contributed by atoms with van der Waals surface area (Å²) in [7, 11) is 3.84. The number of hydrogen-bond donors (Lipinski definition) is 2. The normalized spacial score (nSPS) is 15.4. The van der Waals surface area contributed by atoms with Gasteiger partial charge < -0.3 is 15.3 Å². The molecule has 4 heteroatoms. The number of likely N-dealkylation sites (N-methyl/N-ethyl adjacent to an activating group) is 1. The van der Waals surface area contributed by atoms with Crippen molar-refractivity contribution in [2.24, 2.45) is 5.73 Å². The van der Waals surface area contributed by atoms with Crippen LogP contribution in [0.2, 0.25) is 0 Å². The number of aliphatic hydroxyl groups is 1. The second kappa shape index (κ2) is 4.87. The zero-order chi connectivity index (χ0) is 12.4. The first kappa shape index (κ1) is 12.1. The van der Waals surface area contributed by atoms with Crippen molar-refractivity contribution in [2.45, 2.75) is 12.1 Å². The molecule has 1 aromatic heterocycles. The quantitative estimate of drug-likeness (QED) is 0.838. The van der Waals surface area contributed by atoms with Crippen LogP contribution in [-0.2, 0) is 0 Å². The van der Waals surface area contributed by atoms with E-state index in [1.54, 1.807) is 6.26 Å². The summed E-state index contributed by atoms with van der Waals surface area (Å²) in [5.74, 6) is 0. The molecular formula is C13H18N2O2. The molecule has 0 aliphatic rings. The Balaban J connectivity index is 2.49. The zero-order valence-electron chi connectivity index (χ0n) is 10.1. The largest absolute Gasteiger partial charge is 0.464 e. The lowest BCUT2D eigenvalue weighted by molar-refractivity contribution is 0.0826. The van der Waals surface area contributed by atoms with E-state index in [0.717, 1.165) is 16.5 Å². The molecule has 0 aliphatic carbocycles. The van der Waals surface area contributed by atoms with Gasteiger partial charge in [0.1, 0.15) is 5.58 Å². The number of fused-ring (bicyclic) bond motifs is 1. The van der Waals surface area contributed by atoms with E-state index in [9.17, 15) is 5.11 Å². The molecule has 2 rings (SSSR count). The SMILES string of the molecule is CN(C)C(c1coc2ccccc12)C(O)CN. The van der Waals surface area contributed by atoms with E-state index in [4.69, 9.17) is 10.2 Å². The fourth-order valence-corrected chi connectivity index (χ4v) is 2.19. The standard InChI is InChI=1S/C13H18N2O2/c1-15(2)13(11(16)7-14)10-8-17-12-6-4-3-5-9(10)12/h3-6,8,11,13,16H,7,14H2,1-2H3. The monoisotopic (exact) mass is 234 g/mol. The minimum atomic E-state index is -0.606. The van der Waals surface area contributed by atoms with Crippen LogP contribution < -0.4 is 5.73 Å². The molecule has 2 unspecified atom stereocenters. The van der Waals surface area contributed by atoms with Crippen LogP contribution in [0, 0.1) is 0 Å². The minimum Gasteiger partial charge on any atom is -0.464 e. The molecule has 0 bridgehead atoms. The Labute approximate surface area is 101 Å². The van der Waals surface area contributed by atoms with E-state index >= 15 is 0 Å². The first-order valence-electron chi connectivity index (χ1n) is 5.66. The van der Waals surface area contributed by atoms with Crippen molar-refractivity contribution in [2.75, 3.05) is 20.6 Å². The second-order valence-corrected chi connectivity index (χ2v) is 4.40. The number of rotatable bonds is 4. The topological polar surface area (TPSA) is 62.6 Å². The van der Waals surface area contributed by atoms with Gasteiger partial charge >= 0.3 is 0 Å². The van der Waals surface area contributed by atoms with Gasteiger partial charge in [0.2, 0.25) is 0 Å². The highest BCUT2D eigenvalue weighted by Gasteiger charge is 2.25. The average Bonchev–Trinajstić information content (AvgIpc) is 2.73. The summed E-state index contributed by atoms with van der Waals surface area (Å²) in [6.45, 7) is 0.225. The Morgan fingerprint density at radius 1 is 1.35 bits per heavy atom. The summed E-state index contributed by atoms with van der Waals surface area (Å²) < 4.78 is 5.50. The van der Waals surface area contributed by atoms with E-state index < -0.39 is 6.10 Å². The maximum absolute atomic E-state index is 10.0. The molecule has 1 heterocycles. The van der Waals surface area contributed by atoms with Gasteiger partial charge in [0.05, 0.1) is 18.4 Å². The molecule has 0 aliphatic heterocycles. The highest BCUT2D eigenvalue weighted by Crippen LogP contribution is 2.30. The van der Waals surface area contributed by atoms with Gasteiger partial charge in [0, 0.05) is 17.5 Å². The third kappa shape index (κ3) is 2.20. The van der Waals surface area contributed by atoms with Crippen LogP contribution in [-0.4, -0.2) is 36.8 Å². The number of nitrogens with two attached hydrogens (primary N) is 1. The third-order valence-corrected chi connectivity index (χ3v) is 2.99. The molecule has 0 amide bonds. The molecule has 0 spiro atoms. The summed E-state index contributed by atoms with van der Waals surface area (Å²) >= 11 is 0. The molecule has 1 aromatic carbocycles. The van der Waals surface area contributed by atoms with Gasteiger partial charge in [-0.3, -0.25) is 4.90 Å². The molecule has 2 atom stereocenters. The highest BCUT2D eigenvalue weighted by molar-refractivity contribution is 5.81. The predicted molar refractivity (Wildman–Crippen MR) is 67.7 cm³/mol. The summed E-state index contributed by atoms with van der Waals surface area (Å²) in [4.78, 5) is 1.95. The van der Waals surface area contributed by atoms with Gasteiger partial charge in [-0.2, -0.15) is 0 Å². The van der Waals surface area contributed by atoms with Crippen LogP contribution in [0.15, 0.2) is 34.9 Å². The average molecular weight is 234 g/mol. The second-order valence-electron chi connectivity index (χ2n) is 4.40. The lowest BCUT2D eigenvalue weighted by atomic mass is 10.00. The van der Waals surface area contributed by atoms with Crippen molar-refractivity contribution in [3.05, 3.63) is 36.1 Å². The third-order valence-electron chi connectivity index (χ3n) is 2.99. The van der Waals surface area contributed by atoms with Crippen LogP contribution in [0.25, 0.3) is 11.0 Å². The van der Waals surface area contributed by atoms with Crippen molar-refractivity contribution in [3.8, 4) is 0 Å². The zero-order valence-corrected chi connectivity index (χ0v) is 10.1. The van der Waals surface area contributed by atoms with Crippen LogP contribution >= 0.6 is 0 Å². The van der Waals surface area contributed by atoms with Crippen molar-refractivity contribution < 1.29 is 9.52 Å². The highest BCUT2D eigenvalue weighted by atomic mass is 16.3. The number of benzene rings is 1. The lowest BCUT2D eigenvalue weighted by Crippen LogP contribution is -2.36. The fraction of sp³-hybridized carbons (Fsp3) is 0.385. The Morgan fingerprint density at radius 3 is 2.71 bits per heavy atom. The maximum Gasteiger partial charge on any atom is 0.134 e. The summed E-state index contributed by atoms with van der Waals surface area (Å²) in [5, 5.41) is 11.0. The molecule has 0 saturated carbocycles. The first-order chi connectivity index (χ1) is 8.15. The van der Waals surface area contributed by atoms with Gasteiger partial charge in [-0.05, 0) is 20.2 Å². The molecule has 17 heavy (non-hydrogen) atoms. The van der Waals surface area contributed by atoms with Crippen molar-refractivity contribution in [1.29, 1.82) is 0 Å². The lowest BCUT2D eigenvalue weighted by Gasteiger charge is -2.27. The Bertz CT molecular complexity index is 493. The number of para-hydroxylation sites is 1. The molecule has 0 saturated heterocycles. The number of aliphatic hydroxyl groups excluding tert-OH is 1. The number of hydrogen-bond acceptors (Lipinski definition) is 4. The van der Waals surface area contributed by atoms with Crippen LogP contribution in [0.4, 0.5) is 0 Å².